The van der Waals surface area contributed by atoms with Gasteiger partial charge in [0.25, 0.3) is 0 Å². The zero-order valence-electron chi connectivity index (χ0n) is 17.3. The molecule has 0 amide bonds. The Morgan fingerprint density at radius 1 is 0.750 bits per heavy atom. The lowest BCUT2D eigenvalue weighted by atomic mass is 10.2. The predicted octanol–water partition coefficient (Wildman–Crippen LogP) is 1.89. The average molecular weight is 438 g/mol. The van der Waals surface area contributed by atoms with Crippen LogP contribution in [0.3, 0.4) is 0 Å². The van der Waals surface area contributed by atoms with Crippen molar-refractivity contribution >= 4 is 18.2 Å². The molecule has 0 saturated carbocycles. The number of carbonyl (C=O) groups is 3. The molecule has 0 aliphatic carbocycles. The molecule has 0 aliphatic rings. The molecule has 3 heterocycles. The van der Waals surface area contributed by atoms with E-state index in [0.29, 0.717) is 36.6 Å². The molecule has 0 aliphatic heterocycles. The van der Waals surface area contributed by atoms with Crippen LogP contribution in [0.5, 0.6) is 0 Å². The second-order valence-electron chi connectivity index (χ2n) is 6.53. The maximum atomic E-state index is 11.0. The van der Waals surface area contributed by atoms with Gasteiger partial charge in [0.15, 0.2) is 6.29 Å². The first kappa shape index (κ1) is 24.3. The van der Waals surface area contributed by atoms with Crippen LogP contribution in [-0.2, 0) is 19.6 Å². The summed E-state index contributed by atoms with van der Waals surface area (Å²) in [6.45, 7) is 1.20. The van der Waals surface area contributed by atoms with E-state index in [4.69, 9.17) is 15.3 Å². The maximum absolute atomic E-state index is 11.0. The summed E-state index contributed by atoms with van der Waals surface area (Å²) in [5.41, 5.74) is 2.72. The molecule has 0 saturated heterocycles. The zero-order chi connectivity index (χ0) is 23.5. The topological polar surface area (TPSA) is 154 Å². The van der Waals surface area contributed by atoms with E-state index >= 15 is 0 Å². The Morgan fingerprint density at radius 3 is 1.44 bits per heavy atom. The van der Waals surface area contributed by atoms with Crippen molar-refractivity contribution in [2.45, 2.75) is 19.6 Å². The van der Waals surface area contributed by atoms with Crippen molar-refractivity contribution in [3.05, 3.63) is 88.8 Å². The Morgan fingerprint density at radius 2 is 1.16 bits per heavy atom. The van der Waals surface area contributed by atoms with Crippen molar-refractivity contribution < 1.29 is 29.7 Å². The van der Waals surface area contributed by atoms with Gasteiger partial charge >= 0.3 is 11.9 Å². The Bertz CT molecular complexity index is 978. The Hall–Kier alpha value is -4.02. The number of carboxylic acids is 2. The molecular formula is C22H22N4O6. The average Bonchev–Trinajstić information content (AvgIpc) is 2.81. The van der Waals surface area contributed by atoms with Crippen LogP contribution in [0.25, 0.3) is 0 Å². The molecule has 10 nitrogen and oxygen atoms in total. The van der Waals surface area contributed by atoms with Crippen LogP contribution in [-0.4, -0.2) is 60.5 Å². The monoisotopic (exact) mass is 438 g/mol. The molecule has 0 spiro atoms. The van der Waals surface area contributed by atoms with Crippen LogP contribution in [0.4, 0.5) is 0 Å². The third-order valence-electron chi connectivity index (χ3n) is 4.28. The van der Waals surface area contributed by atoms with Gasteiger partial charge in [-0.15, -0.1) is 0 Å². The van der Waals surface area contributed by atoms with E-state index in [1.54, 1.807) is 24.3 Å². The quantitative estimate of drug-likeness (QED) is 0.422. The highest BCUT2D eigenvalue weighted by atomic mass is 16.4. The minimum atomic E-state index is -1.05. The fraction of sp³-hybridized carbons (Fsp3) is 0.182. The van der Waals surface area contributed by atoms with Gasteiger partial charge in [-0.1, -0.05) is 0 Å². The van der Waals surface area contributed by atoms with Gasteiger partial charge in [0.1, 0.15) is 0 Å². The second-order valence-corrected chi connectivity index (χ2v) is 6.53. The van der Waals surface area contributed by atoms with E-state index in [1.165, 1.54) is 30.7 Å². The van der Waals surface area contributed by atoms with E-state index in [0.717, 1.165) is 19.1 Å². The number of nitrogens with zero attached hydrogens (tertiary/aromatic N) is 4. The summed E-state index contributed by atoms with van der Waals surface area (Å²) in [6.07, 6.45) is 4.80. The van der Waals surface area contributed by atoms with E-state index in [9.17, 15) is 14.4 Å². The van der Waals surface area contributed by atoms with Gasteiger partial charge in [0.05, 0.1) is 28.2 Å². The van der Waals surface area contributed by atoms with Crippen LogP contribution in [0.1, 0.15) is 48.2 Å². The van der Waals surface area contributed by atoms with Crippen LogP contribution in [0.2, 0.25) is 0 Å². The summed E-state index contributed by atoms with van der Waals surface area (Å²) in [7, 11) is 1.00. The smallest absolute Gasteiger partial charge is 0.337 e. The maximum Gasteiger partial charge on any atom is 0.337 e. The number of pyridine rings is 3. The molecule has 3 aromatic rings. The highest BCUT2D eigenvalue weighted by Crippen LogP contribution is 2.13. The van der Waals surface area contributed by atoms with Crippen molar-refractivity contribution in [2.24, 2.45) is 0 Å². The number of aldehydes is 1. The van der Waals surface area contributed by atoms with Crippen molar-refractivity contribution in [2.75, 3.05) is 7.11 Å². The predicted molar refractivity (Wildman–Crippen MR) is 113 cm³/mol. The van der Waals surface area contributed by atoms with E-state index in [-0.39, 0.29) is 11.1 Å². The minimum Gasteiger partial charge on any atom is -0.478 e. The SMILES string of the molecule is CO.O=Cc1ccc(CN(Cc2ccc(C(=O)O)cn2)Cc2ccc(C(=O)O)cn2)nc1. The number of aliphatic hydroxyl groups is 1. The molecule has 0 fully saturated rings. The lowest BCUT2D eigenvalue weighted by Crippen LogP contribution is -2.24. The number of carbonyl (C=O) groups excluding carboxylic acids is 1. The number of hydrogen-bond donors (Lipinski definition) is 3. The van der Waals surface area contributed by atoms with E-state index in [2.05, 4.69) is 15.0 Å². The highest BCUT2D eigenvalue weighted by Gasteiger charge is 2.13. The zero-order valence-corrected chi connectivity index (χ0v) is 17.3. The molecule has 3 aromatic heterocycles. The van der Waals surface area contributed by atoms with E-state index in [1.807, 2.05) is 4.90 Å². The van der Waals surface area contributed by atoms with E-state index < -0.39 is 11.9 Å². The van der Waals surface area contributed by atoms with Crippen molar-refractivity contribution in [3.8, 4) is 0 Å². The summed E-state index contributed by atoms with van der Waals surface area (Å²) in [5.74, 6) is -2.10. The summed E-state index contributed by atoms with van der Waals surface area (Å²) in [6, 6.07) is 9.67. The van der Waals surface area contributed by atoms with Crippen LogP contribution < -0.4 is 0 Å². The standard InChI is InChI=1S/C21H18N4O5.CH4O/c26-13-14-1-4-17(22-7-14)10-25(11-18-5-2-15(8-23-18)20(27)28)12-19-6-3-16(9-24-19)21(29)30;1-2/h1-9,13H,10-12H2,(H,27,28)(H,29,30);2H,1H3. The van der Waals surface area contributed by atoms with Gasteiger partial charge in [-0.2, -0.15) is 0 Å². The highest BCUT2D eigenvalue weighted by molar-refractivity contribution is 5.87. The number of rotatable bonds is 9. The number of hydrogen-bond acceptors (Lipinski definition) is 8. The second kappa shape index (κ2) is 12.0. The molecule has 0 bridgehead atoms. The number of aromatic carboxylic acids is 2. The molecule has 3 rings (SSSR count). The molecule has 0 aromatic carbocycles. The molecule has 0 radical (unpaired) electrons. The molecule has 32 heavy (non-hydrogen) atoms. The largest absolute Gasteiger partial charge is 0.478 e. The molecule has 3 N–H and O–H groups in total. The Kier molecular flexibility index (Phi) is 9.08. The summed E-state index contributed by atoms with van der Waals surface area (Å²) in [5, 5.41) is 25.0. The van der Waals surface area contributed by atoms with Crippen molar-refractivity contribution in [3.63, 3.8) is 0 Å². The fourth-order valence-electron chi connectivity index (χ4n) is 2.74. The van der Waals surface area contributed by atoms with Crippen molar-refractivity contribution in [1.82, 2.24) is 19.9 Å². The van der Waals surface area contributed by atoms with Gasteiger partial charge in [-0.25, -0.2) is 9.59 Å². The lowest BCUT2D eigenvalue weighted by molar-refractivity contribution is 0.0685. The van der Waals surface area contributed by atoms with Gasteiger partial charge in [0, 0.05) is 50.9 Å². The summed E-state index contributed by atoms with van der Waals surface area (Å²) >= 11 is 0. The number of aliphatic hydroxyl groups excluding tert-OH is 1. The normalized spacial score (nSPS) is 10.2. The number of carboxylic acid groups (broad SMARTS) is 2. The fourth-order valence-corrected chi connectivity index (χ4v) is 2.74. The van der Waals surface area contributed by atoms with Gasteiger partial charge in [0.2, 0.25) is 0 Å². The van der Waals surface area contributed by atoms with Gasteiger partial charge < -0.3 is 15.3 Å². The Balaban J connectivity index is 0.00000176. The lowest BCUT2D eigenvalue weighted by Gasteiger charge is -2.21. The van der Waals surface area contributed by atoms with Gasteiger partial charge in [-0.3, -0.25) is 24.6 Å². The summed E-state index contributed by atoms with van der Waals surface area (Å²) in [4.78, 5) is 47.5. The van der Waals surface area contributed by atoms with Crippen LogP contribution in [0, 0.1) is 0 Å². The number of aromatic nitrogens is 3. The van der Waals surface area contributed by atoms with Gasteiger partial charge in [-0.05, 0) is 36.4 Å². The van der Waals surface area contributed by atoms with Crippen molar-refractivity contribution in [1.29, 1.82) is 0 Å². The molecule has 0 atom stereocenters. The Labute approximate surface area is 183 Å². The first-order chi connectivity index (χ1) is 15.4. The molecule has 166 valence electrons. The molecule has 0 unspecified atom stereocenters. The molecule has 10 heteroatoms. The third-order valence-corrected chi connectivity index (χ3v) is 4.28. The van der Waals surface area contributed by atoms with Crippen LogP contribution in [0.15, 0.2) is 55.0 Å². The van der Waals surface area contributed by atoms with Crippen LogP contribution >= 0.6 is 0 Å². The first-order valence-corrected chi connectivity index (χ1v) is 9.38. The third kappa shape index (κ3) is 7.04. The first-order valence-electron chi connectivity index (χ1n) is 9.38. The summed E-state index contributed by atoms with van der Waals surface area (Å²) < 4.78 is 0. The molecular weight excluding hydrogens is 416 g/mol. The minimum absolute atomic E-state index is 0.0994.